The monoisotopic (exact) mass is 368 g/mol. The van der Waals surface area contributed by atoms with Crippen LogP contribution >= 0.6 is 0 Å². The highest BCUT2D eigenvalue weighted by molar-refractivity contribution is 6.04. The molecular weight excluding hydrogens is 353 g/mol. The Bertz CT molecular complexity index is 923. The summed E-state index contributed by atoms with van der Waals surface area (Å²) in [5, 5.41) is 2.39. The van der Waals surface area contributed by atoms with Crippen LogP contribution in [0.15, 0.2) is 35.3 Å². The first-order valence-corrected chi connectivity index (χ1v) is 7.75. The summed E-state index contributed by atoms with van der Waals surface area (Å²) >= 11 is 0. The molecule has 0 radical (unpaired) electrons. The number of benzene rings is 1. The zero-order chi connectivity index (χ0) is 19.1. The Balaban J connectivity index is 1.84. The van der Waals surface area contributed by atoms with Gasteiger partial charge in [-0.1, -0.05) is 6.92 Å². The smallest absolute Gasteiger partial charge is 0.417 e. The molecule has 1 aromatic heterocycles. The molecule has 0 aliphatic carbocycles. The van der Waals surface area contributed by atoms with Crippen LogP contribution in [0.4, 0.5) is 18.9 Å². The van der Waals surface area contributed by atoms with Gasteiger partial charge in [-0.2, -0.15) is 13.2 Å². The lowest BCUT2D eigenvalue weighted by Crippen LogP contribution is -2.33. The van der Waals surface area contributed by atoms with E-state index < -0.39 is 34.6 Å². The van der Waals surface area contributed by atoms with E-state index in [1.807, 2.05) is 11.9 Å². The van der Waals surface area contributed by atoms with Gasteiger partial charge in [0.2, 0.25) is 5.79 Å². The highest BCUT2D eigenvalue weighted by Gasteiger charge is 2.35. The van der Waals surface area contributed by atoms with Crippen molar-refractivity contribution in [3.05, 3.63) is 51.9 Å². The predicted molar refractivity (Wildman–Crippen MR) is 86.4 cm³/mol. The first-order chi connectivity index (χ1) is 12.1. The molecule has 0 saturated heterocycles. The van der Waals surface area contributed by atoms with E-state index in [2.05, 4.69) is 5.32 Å². The van der Waals surface area contributed by atoms with Crippen molar-refractivity contribution in [2.75, 3.05) is 5.32 Å². The average Bonchev–Trinajstić information content (AvgIpc) is 2.90. The normalized spacial score (nSPS) is 18.7. The van der Waals surface area contributed by atoms with Crippen LogP contribution < -0.4 is 20.3 Å². The summed E-state index contributed by atoms with van der Waals surface area (Å²) in [5.74, 6) is -0.896. The molecule has 1 amide bonds. The van der Waals surface area contributed by atoms with E-state index in [0.717, 1.165) is 0 Å². The van der Waals surface area contributed by atoms with Crippen molar-refractivity contribution in [2.45, 2.75) is 32.2 Å². The highest BCUT2D eigenvalue weighted by Crippen LogP contribution is 2.42. The van der Waals surface area contributed by atoms with Crippen molar-refractivity contribution in [3.8, 4) is 11.5 Å². The van der Waals surface area contributed by atoms with Gasteiger partial charge in [0.25, 0.3) is 11.5 Å². The third-order valence-electron chi connectivity index (χ3n) is 3.97. The molecule has 0 spiro atoms. The van der Waals surface area contributed by atoms with Crippen LogP contribution in [0.1, 0.15) is 36.2 Å². The van der Waals surface area contributed by atoms with E-state index in [1.165, 1.54) is 12.1 Å². The zero-order valence-electron chi connectivity index (χ0n) is 13.9. The molecule has 1 atom stereocenters. The van der Waals surface area contributed by atoms with Crippen molar-refractivity contribution in [2.24, 2.45) is 0 Å². The number of fused-ring (bicyclic) bond motifs is 1. The minimum absolute atomic E-state index is 0.259. The van der Waals surface area contributed by atoms with Crippen LogP contribution in [0, 0.1) is 0 Å². The lowest BCUT2D eigenvalue weighted by Gasteiger charge is -2.20. The van der Waals surface area contributed by atoms with Crippen LogP contribution in [0.2, 0.25) is 0 Å². The number of amides is 1. The molecule has 1 aromatic carbocycles. The van der Waals surface area contributed by atoms with Crippen molar-refractivity contribution in [1.82, 2.24) is 4.98 Å². The van der Waals surface area contributed by atoms with Crippen molar-refractivity contribution in [3.63, 3.8) is 0 Å². The van der Waals surface area contributed by atoms with Gasteiger partial charge in [-0.3, -0.25) is 9.59 Å². The van der Waals surface area contributed by atoms with E-state index in [1.54, 1.807) is 13.0 Å². The zero-order valence-corrected chi connectivity index (χ0v) is 13.9. The third kappa shape index (κ3) is 3.37. The van der Waals surface area contributed by atoms with E-state index >= 15 is 0 Å². The Hall–Kier alpha value is -2.97. The third-order valence-corrected chi connectivity index (χ3v) is 3.97. The summed E-state index contributed by atoms with van der Waals surface area (Å²) < 4.78 is 49.6. The van der Waals surface area contributed by atoms with Gasteiger partial charge in [0, 0.05) is 31.3 Å². The predicted octanol–water partition coefficient (Wildman–Crippen LogP) is 3.54. The second-order valence-corrected chi connectivity index (χ2v) is 5.94. The Labute approximate surface area is 145 Å². The Morgan fingerprint density at radius 1 is 1.23 bits per heavy atom. The number of carbonyl (C=O) groups excluding carboxylic acids is 1. The standard InChI is InChI=1S/C17H15F3N2O4/c1-3-16(2)25-12-5-4-10(7-13(12)26-16)22-15(24)11-6-9(17(18,19)20)8-21-14(11)23/h4-8H,3H2,1-2H3,(H,21,23)(H,22,24). The van der Waals surface area contributed by atoms with Crippen molar-refractivity contribution in [1.29, 1.82) is 0 Å². The van der Waals surface area contributed by atoms with Crippen LogP contribution in [-0.2, 0) is 6.18 Å². The highest BCUT2D eigenvalue weighted by atomic mass is 19.4. The molecule has 1 aliphatic rings. The van der Waals surface area contributed by atoms with Gasteiger partial charge in [-0.05, 0) is 18.2 Å². The number of ether oxygens (including phenoxy) is 2. The Morgan fingerprint density at radius 2 is 1.92 bits per heavy atom. The number of nitrogens with one attached hydrogen (secondary N) is 2. The van der Waals surface area contributed by atoms with Crippen LogP contribution in [0.5, 0.6) is 11.5 Å². The van der Waals surface area contributed by atoms with Crippen LogP contribution in [0.25, 0.3) is 0 Å². The number of hydrogen-bond acceptors (Lipinski definition) is 4. The summed E-state index contributed by atoms with van der Waals surface area (Å²) in [6, 6.07) is 5.07. The van der Waals surface area contributed by atoms with E-state index in [0.29, 0.717) is 30.2 Å². The maximum atomic E-state index is 12.8. The summed E-state index contributed by atoms with van der Waals surface area (Å²) in [6.07, 6.45) is -3.57. The van der Waals surface area contributed by atoms with Crippen LogP contribution in [0.3, 0.4) is 0 Å². The summed E-state index contributed by atoms with van der Waals surface area (Å²) in [5.41, 5.74) is -2.42. The number of alkyl halides is 3. The molecule has 6 nitrogen and oxygen atoms in total. The largest absolute Gasteiger partial charge is 0.449 e. The molecule has 0 saturated carbocycles. The molecule has 1 unspecified atom stereocenters. The number of H-pyrrole nitrogens is 1. The number of carbonyl (C=O) groups is 1. The Kier molecular flexibility index (Phi) is 4.17. The second-order valence-electron chi connectivity index (χ2n) is 5.94. The molecule has 3 rings (SSSR count). The van der Waals surface area contributed by atoms with Gasteiger partial charge in [0.05, 0.1) is 5.56 Å². The SMILES string of the molecule is CCC1(C)Oc2ccc(NC(=O)c3cc(C(F)(F)F)c[nH]c3=O)cc2O1. The number of halogens is 3. The Morgan fingerprint density at radius 3 is 2.58 bits per heavy atom. The maximum Gasteiger partial charge on any atom is 0.417 e. The average molecular weight is 368 g/mol. The molecule has 0 bridgehead atoms. The van der Waals surface area contributed by atoms with E-state index in [4.69, 9.17) is 9.47 Å². The number of rotatable bonds is 3. The molecular formula is C17H15F3N2O4. The molecule has 26 heavy (non-hydrogen) atoms. The number of pyridine rings is 1. The maximum absolute atomic E-state index is 12.8. The minimum atomic E-state index is -4.68. The molecule has 0 fully saturated rings. The lowest BCUT2D eigenvalue weighted by molar-refractivity contribution is -0.137. The summed E-state index contributed by atoms with van der Waals surface area (Å²) in [4.78, 5) is 25.9. The van der Waals surface area contributed by atoms with Gasteiger partial charge in [0.15, 0.2) is 11.5 Å². The molecule has 9 heteroatoms. The number of aromatic nitrogens is 1. The molecule has 2 heterocycles. The topological polar surface area (TPSA) is 80.4 Å². The number of hydrogen-bond donors (Lipinski definition) is 2. The van der Waals surface area contributed by atoms with Crippen molar-refractivity contribution >= 4 is 11.6 Å². The fourth-order valence-electron chi connectivity index (χ4n) is 2.39. The second kappa shape index (κ2) is 6.08. The van der Waals surface area contributed by atoms with Gasteiger partial charge in [-0.25, -0.2) is 0 Å². The van der Waals surface area contributed by atoms with Gasteiger partial charge in [0.1, 0.15) is 5.56 Å². The molecule has 2 N–H and O–H groups in total. The molecule has 2 aromatic rings. The fourth-order valence-corrected chi connectivity index (χ4v) is 2.39. The van der Waals surface area contributed by atoms with E-state index in [-0.39, 0.29) is 5.69 Å². The van der Waals surface area contributed by atoms with Gasteiger partial charge < -0.3 is 19.8 Å². The van der Waals surface area contributed by atoms with Crippen molar-refractivity contribution < 1.29 is 27.4 Å². The van der Waals surface area contributed by atoms with Gasteiger partial charge >= 0.3 is 6.18 Å². The summed E-state index contributed by atoms with van der Waals surface area (Å²) in [7, 11) is 0. The van der Waals surface area contributed by atoms with Crippen LogP contribution in [-0.4, -0.2) is 16.7 Å². The number of aromatic amines is 1. The first kappa shape index (κ1) is 17.8. The van der Waals surface area contributed by atoms with Gasteiger partial charge in [-0.15, -0.1) is 0 Å². The molecule has 1 aliphatic heterocycles. The lowest BCUT2D eigenvalue weighted by atomic mass is 10.1. The quantitative estimate of drug-likeness (QED) is 0.868. The first-order valence-electron chi connectivity index (χ1n) is 7.75. The summed E-state index contributed by atoms with van der Waals surface area (Å²) in [6.45, 7) is 3.64. The fraction of sp³-hybridized carbons (Fsp3) is 0.294. The minimum Gasteiger partial charge on any atom is -0.449 e. The molecule has 138 valence electrons. The number of anilines is 1. The van der Waals surface area contributed by atoms with E-state index in [9.17, 15) is 22.8 Å².